The number of hydrogen-bond donors (Lipinski definition) is 2. The Morgan fingerprint density at radius 3 is 2.35 bits per heavy atom. The van der Waals surface area contributed by atoms with Gasteiger partial charge < -0.3 is 14.5 Å². The normalized spacial score (nSPS) is 14.5. The highest BCUT2D eigenvalue weighted by Crippen LogP contribution is 2.20. The van der Waals surface area contributed by atoms with Crippen molar-refractivity contribution >= 4 is 17.5 Å². The molecule has 1 aromatic carbocycles. The Hall–Kier alpha value is -2.28. The Labute approximate surface area is 136 Å². The van der Waals surface area contributed by atoms with Crippen LogP contribution in [0.5, 0.6) is 5.75 Å². The Balaban J connectivity index is 1.76. The summed E-state index contributed by atoms with van der Waals surface area (Å²) in [5.74, 6) is 5.72. The zero-order chi connectivity index (χ0) is 16.7. The van der Waals surface area contributed by atoms with Crippen LogP contribution >= 0.6 is 0 Å². The first kappa shape index (κ1) is 17.1. The highest BCUT2D eigenvalue weighted by molar-refractivity contribution is 5.78. The lowest BCUT2D eigenvalue weighted by Crippen LogP contribution is -2.48. The molecule has 7 nitrogen and oxygen atoms in total. The van der Waals surface area contributed by atoms with Crippen molar-refractivity contribution in [2.24, 2.45) is 5.84 Å². The highest BCUT2D eigenvalue weighted by Gasteiger charge is 2.21. The number of carbonyl (C=O) groups is 2. The first-order valence-corrected chi connectivity index (χ1v) is 7.80. The minimum absolute atomic E-state index is 0.101. The molecule has 1 aliphatic heterocycles. The first-order chi connectivity index (χ1) is 11.1. The summed E-state index contributed by atoms with van der Waals surface area (Å²) in [5.41, 5.74) is 3.21. The van der Waals surface area contributed by atoms with Gasteiger partial charge in [0.25, 0.3) is 0 Å². The number of rotatable bonds is 6. The van der Waals surface area contributed by atoms with Gasteiger partial charge in [0.15, 0.2) is 0 Å². The summed E-state index contributed by atoms with van der Waals surface area (Å²) in [7, 11) is 1.65. The zero-order valence-corrected chi connectivity index (χ0v) is 13.5. The van der Waals surface area contributed by atoms with E-state index in [-0.39, 0.29) is 18.2 Å². The molecule has 1 saturated heterocycles. The smallest absolute Gasteiger partial charge is 0.233 e. The molecule has 0 spiro atoms. The lowest BCUT2D eigenvalue weighted by atomic mass is 10.2. The van der Waals surface area contributed by atoms with E-state index < -0.39 is 0 Å². The molecule has 2 rings (SSSR count). The van der Waals surface area contributed by atoms with Gasteiger partial charge in [0.1, 0.15) is 5.75 Å². The van der Waals surface area contributed by atoms with Crippen LogP contribution in [0, 0.1) is 0 Å². The van der Waals surface area contributed by atoms with Crippen molar-refractivity contribution in [3.05, 3.63) is 24.3 Å². The van der Waals surface area contributed by atoms with Gasteiger partial charge in [-0.15, -0.1) is 0 Å². The lowest BCUT2D eigenvalue weighted by molar-refractivity contribution is -0.131. The zero-order valence-electron chi connectivity index (χ0n) is 13.5. The van der Waals surface area contributed by atoms with Crippen molar-refractivity contribution in [3.63, 3.8) is 0 Å². The number of nitrogens with zero attached hydrogens (tertiary/aromatic N) is 2. The van der Waals surface area contributed by atoms with Gasteiger partial charge in [0.2, 0.25) is 11.8 Å². The van der Waals surface area contributed by atoms with Crippen LogP contribution in [0.1, 0.15) is 19.3 Å². The second kappa shape index (κ2) is 8.38. The van der Waals surface area contributed by atoms with E-state index in [0.29, 0.717) is 25.9 Å². The Bertz CT molecular complexity index is 525. The van der Waals surface area contributed by atoms with E-state index in [9.17, 15) is 9.59 Å². The third-order valence-electron chi connectivity index (χ3n) is 4.03. The fourth-order valence-corrected chi connectivity index (χ4v) is 2.64. The SMILES string of the molecule is COc1ccc(N2CCN(C(=O)CCCC(=O)NN)CC2)cc1. The number of hydrazine groups is 1. The molecule has 7 heteroatoms. The third-order valence-corrected chi connectivity index (χ3v) is 4.03. The maximum Gasteiger partial charge on any atom is 0.233 e. The molecule has 0 atom stereocenters. The standard InChI is InChI=1S/C16H24N4O3/c1-23-14-7-5-13(6-8-14)19-9-11-20(12-10-19)16(22)4-2-3-15(21)18-17/h5-8H,2-4,9-12,17H2,1H3,(H,18,21). The average Bonchev–Trinajstić information content (AvgIpc) is 2.61. The van der Waals surface area contributed by atoms with Crippen LogP contribution in [0.25, 0.3) is 0 Å². The van der Waals surface area contributed by atoms with Gasteiger partial charge in [-0.2, -0.15) is 0 Å². The maximum atomic E-state index is 12.1. The summed E-state index contributed by atoms with van der Waals surface area (Å²) in [6.45, 7) is 3.02. The predicted molar refractivity (Wildman–Crippen MR) is 88.0 cm³/mol. The van der Waals surface area contributed by atoms with E-state index in [1.165, 1.54) is 0 Å². The molecule has 1 heterocycles. The second-order valence-corrected chi connectivity index (χ2v) is 5.49. The van der Waals surface area contributed by atoms with E-state index in [1.54, 1.807) is 7.11 Å². The monoisotopic (exact) mass is 320 g/mol. The number of benzene rings is 1. The summed E-state index contributed by atoms with van der Waals surface area (Å²) in [5, 5.41) is 0. The van der Waals surface area contributed by atoms with Gasteiger partial charge >= 0.3 is 0 Å². The molecule has 0 bridgehead atoms. The molecule has 0 unspecified atom stereocenters. The molecule has 126 valence electrons. The van der Waals surface area contributed by atoms with Crippen molar-refractivity contribution < 1.29 is 14.3 Å². The number of anilines is 1. The molecule has 2 amide bonds. The van der Waals surface area contributed by atoms with Crippen LogP contribution in [-0.2, 0) is 9.59 Å². The molecule has 0 aliphatic carbocycles. The summed E-state index contributed by atoms with van der Waals surface area (Å²) in [6.07, 6.45) is 1.20. The Morgan fingerprint density at radius 1 is 1.13 bits per heavy atom. The molecule has 0 radical (unpaired) electrons. The fourth-order valence-electron chi connectivity index (χ4n) is 2.64. The van der Waals surface area contributed by atoms with Crippen LogP contribution in [0.2, 0.25) is 0 Å². The quantitative estimate of drug-likeness (QED) is 0.453. The van der Waals surface area contributed by atoms with Crippen molar-refractivity contribution in [1.29, 1.82) is 0 Å². The molecule has 1 aliphatic rings. The van der Waals surface area contributed by atoms with E-state index in [1.807, 2.05) is 29.2 Å². The largest absolute Gasteiger partial charge is 0.497 e. The van der Waals surface area contributed by atoms with E-state index >= 15 is 0 Å². The highest BCUT2D eigenvalue weighted by atomic mass is 16.5. The fraction of sp³-hybridized carbons (Fsp3) is 0.500. The summed E-state index contributed by atoms with van der Waals surface area (Å²) in [4.78, 5) is 27.3. The minimum atomic E-state index is -0.234. The number of methoxy groups -OCH3 is 1. The van der Waals surface area contributed by atoms with Gasteiger partial charge in [-0.1, -0.05) is 0 Å². The van der Waals surface area contributed by atoms with Crippen molar-refractivity contribution in [1.82, 2.24) is 10.3 Å². The Kier molecular flexibility index (Phi) is 6.22. The van der Waals surface area contributed by atoms with Gasteiger partial charge in [0.05, 0.1) is 7.11 Å². The molecule has 0 aromatic heterocycles. The van der Waals surface area contributed by atoms with Crippen molar-refractivity contribution in [2.75, 3.05) is 38.2 Å². The van der Waals surface area contributed by atoms with Crippen molar-refractivity contribution in [3.8, 4) is 5.75 Å². The van der Waals surface area contributed by atoms with E-state index in [4.69, 9.17) is 10.6 Å². The van der Waals surface area contributed by atoms with Crippen molar-refractivity contribution in [2.45, 2.75) is 19.3 Å². The van der Waals surface area contributed by atoms with Gasteiger partial charge in [0, 0.05) is 44.7 Å². The van der Waals surface area contributed by atoms with E-state index in [2.05, 4.69) is 10.3 Å². The first-order valence-electron chi connectivity index (χ1n) is 7.80. The number of nitrogens with two attached hydrogens (primary N) is 1. The van der Waals surface area contributed by atoms with Crippen LogP contribution in [-0.4, -0.2) is 50.0 Å². The minimum Gasteiger partial charge on any atom is -0.497 e. The van der Waals surface area contributed by atoms with Crippen LogP contribution in [0.3, 0.4) is 0 Å². The predicted octanol–water partition coefficient (Wildman–Crippen LogP) is 0.504. The summed E-state index contributed by atoms with van der Waals surface area (Å²) >= 11 is 0. The lowest BCUT2D eigenvalue weighted by Gasteiger charge is -2.36. The Morgan fingerprint density at radius 2 is 1.78 bits per heavy atom. The summed E-state index contributed by atoms with van der Waals surface area (Å²) in [6, 6.07) is 7.94. The molecular formula is C16H24N4O3. The number of piperazine rings is 1. The number of hydrogen-bond acceptors (Lipinski definition) is 5. The third kappa shape index (κ3) is 4.85. The maximum absolute atomic E-state index is 12.1. The number of nitrogens with one attached hydrogen (secondary N) is 1. The van der Waals surface area contributed by atoms with Gasteiger partial charge in [-0.3, -0.25) is 15.0 Å². The average molecular weight is 320 g/mol. The topological polar surface area (TPSA) is 87.9 Å². The van der Waals surface area contributed by atoms with Crippen LogP contribution in [0.15, 0.2) is 24.3 Å². The molecule has 23 heavy (non-hydrogen) atoms. The summed E-state index contributed by atoms with van der Waals surface area (Å²) < 4.78 is 5.16. The van der Waals surface area contributed by atoms with Gasteiger partial charge in [-0.05, 0) is 30.7 Å². The molecule has 1 aromatic rings. The second-order valence-electron chi connectivity index (χ2n) is 5.49. The van der Waals surface area contributed by atoms with E-state index in [0.717, 1.165) is 24.5 Å². The number of amides is 2. The van der Waals surface area contributed by atoms with Gasteiger partial charge in [-0.25, -0.2) is 5.84 Å². The number of carbonyl (C=O) groups excluding carboxylic acids is 2. The molecular weight excluding hydrogens is 296 g/mol. The van der Waals surface area contributed by atoms with Crippen LogP contribution in [0.4, 0.5) is 5.69 Å². The molecule has 3 N–H and O–H groups in total. The number of ether oxygens (including phenoxy) is 1. The van der Waals surface area contributed by atoms with Crippen LogP contribution < -0.4 is 20.9 Å². The molecule has 0 saturated carbocycles. The molecule has 1 fully saturated rings.